The fourth-order valence-corrected chi connectivity index (χ4v) is 1.98. The number of nitrogens with zero attached hydrogens (tertiary/aromatic N) is 1. The van der Waals surface area contributed by atoms with Crippen molar-refractivity contribution in [1.29, 1.82) is 0 Å². The lowest BCUT2D eigenvalue weighted by Crippen LogP contribution is -1.97. The van der Waals surface area contributed by atoms with E-state index in [1.54, 1.807) is 20.4 Å². The molecule has 100 valence electrons. The van der Waals surface area contributed by atoms with Crippen LogP contribution in [0.25, 0.3) is 0 Å². The summed E-state index contributed by atoms with van der Waals surface area (Å²) in [5.74, 6) is 2.21. The number of hydrogen-bond donors (Lipinski definition) is 1. The molecule has 1 N–H and O–H groups in total. The van der Waals surface area contributed by atoms with Crippen molar-refractivity contribution in [1.82, 2.24) is 4.98 Å². The predicted molar refractivity (Wildman–Crippen MR) is 79.5 cm³/mol. The van der Waals surface area contributed by atoms with Crippen LogP contribution in [0.15, 0.2) is 34.9 Å². The first-order valence-corrected chi connectivity index (χ1v) is 6.54. The summed E-state index contributed by atoms with van der Waals surface area (Å²) in [6.07, 6.45) is 1.76. The average Bonchev–Trinajstić information content (AvgIpc) is 2.43. The zero-order valence-electron chi connectivity index (χ0n) is 11.0. The normalized spacial score (nSPS) is 10.1. The molecule has 0 fully saturated rings. The molecule has 0 saturated heterocycles. The van der Waals surface area contributed by atoms with Gasteiger partial charge in [0.2, 0.25) is 0 Å². The molecular formula is C14H15BrN2O2. The van der Waals surface area contributed by atoms with Gasteiger partial charge in [-0.15, -0.1) is 0 Å². The second kappa shape index (κ2) is 5.93. The van der Waals surface area contributed by atoms with E-state index in [-0.39, 0.29) is 0 Å². The summed E-state index contributed by atoms with van der Waals surface area (Å²) in [5, 5.41) is 3.24. The standard InChI is InChI=1S/C14H15BrN2O2/c1-9-4-5-16-14(13(9)15)17-10-6-11(18-2)8-12(7-10)19-3/h4-8H,1-3H3,(H,16,17). The van der Waals surface area contributed by atoms with Crippen molar-refractivity contribution in [3.8, 4) is 11.5 Å². The highest BCUT2D eigenvalue weighted by molar-refractivity contribution is 9.10. The first kappa shape index (κ1) is 13.7. The van der Waals surface area contributed by atoms with Gasteiger partial charge < -0.3 is 14.8 Å². The molecule has 4 nitrogen and oxygen atoms in total. The van der Waals surface area contributed by atoms with E-state index in [2.05, 4.69) is 26.2 Å². The maximum atomic E-state index is 5.24. The van der Waals surface area contributed by atoms with Crippen LogP contribution in [0.5, 0.6) is 11.5 Å². The van der Waals surface area contributed by atoms with E-state index in [9.17, 15) is 0 Å². The van der Waals surface area contributed by atoms with Gasteiger partial charge in [-0.1, -0.05) is 0 Å². The smallest absolute Gasteiger partial charge is 0.144 e. The number of methoxy groups -OCH3 is 2. The van der Waals surface area contributed by atoms with Crippen LogP contribution in [0.2, 0.25) is 0 Å². The number of ether oxygens (including phenoxy) is 2. The van der Waals surface area contributed by atoms with Crippen LogP contribution >= 0.6 is 15.9 Å². The number of aryl methyl sites for hydroxylation is 1. The largest absolute Gasteiger partial charge is 0.497 e. The Morgan fingerprint density at radius 1 is 1.11 bits per heavy atom. The van der Waals surface area contributed by atoms with Gasteiger partial charge >= 0.3 is 0 Å². The zero-order chi connectivity index (χ0) is 13.8. The van der Waals surface area contributed by atoms with Crippen LogP contribution in [0.1, 0.15) is 5.56 Å². The van der Waals surface area contributed by atoms with Crippen molar-refractivity contribution < 1.29 is 9.47 Å². The van der Waals surface area contributed by atoms with Gasteiger partial charge in [0.05, 0.1) is 18.7 Å². The minimum atomic E-state index is 0.727. The van der Waals surface area contributed by atoms with Gasteiger partial charge in [0.15, 0.2) is 0 Å². The molecule has 0 bridgehead atoms. The number of halogens is 1. The quantitative estimate of drug-likeness (QED) is 0.926. The highest BCUT2D eigenvalue weighted by Crippen LogP contribution is 2.30. The lowest BCUT2D eigenvalue weighted by molar-refractivity contribution is 0.395. The Bertz CT molecular complexity index is 565. The Morgan fingerprint density at radius 2 is 1.74 bits per heavy atom. The van der Waals surface area contributed by atoms with Gasteiger partial charge in [-0.05, 0) is 34.5 Å². The van der Waals surface area contributed by atoms with Crippen LogP contribution in [0.4, 0.5) is 11.5 Å². The van der Waals surface area contributed by atoms with E-state index in [0.29, 0.717) is 0 Å². The summed E-state index contributed by atoms with van der Waals surface area (Å²) >= 11 is 3.52. The fraction of sp³-hybridized carbons (Fsp3) is 0.214. The Labute approximate surface area is 120 Å². The third-order valence-electron chi connectivity index (χ3n) is 2.70. The molecule has 0 aliphatic rings. The topological polar surface area (TPSA) is 43.4 Å². The van der Waals surface area contributed by atoms with E-state index in [1.807, 2.05) is 31.2 Å². The van der Waals surface area contributed by atoms with E-state index in [1.165, 1.54) is 0 Å². The SMILES string of the molecule is COc1cc(Nc2nccc(C)c2Br)cc(OC)c1. The Morgan fingerprint density at radius 3 is 2.32 bits per heavy atom. The molecule has 2 rings (SSSR count). The highest BCUT2D eigenvalue weighted by Gasteiger charge is 2.07. The van der Waals surface area contributed by atoms with E-state index >= 15 is 0 Å². The van der Waals surface area contributed by atoms with Crippen molar-refractivity contribution in [3.63, 3.8) is 0 Å². The van der Waals surface area contributed by atoms with Crippen molar-refractivity contribution in [2.24, 2.45) is 0 Å². The van der Waals surface area contributed by atoms with Gasteiger partial charge in [-0.3, -0.25) is 0 Å². The molecule has 0 spiro atoms. The molecule has 0 amide bonds. The third-order valence-corrected chi connectivity index (χ3v) is 3.70. The van der Waals surface area contributed by atoms with Crippen LogP contribution < -0.4 is 14.8 Å². The summed E-state index contributed by atoms with van der Waals surface area (Å²) < 4.78 is 11.4. The maximum Gasteiger partial charge on any atom is 0.144 e. The van der Waals surface area contributed by atoms with Crippen LogP contribution in [0, 0.1) is 6.92 Å². The van der Waals surface area contributed by atoms with E-state index < -0.39 is 0 Å². The van der Waals surface area contributed by atoms with Crippen LogP contribution in [-0.4, -0.2) is 19.2 Å². The number of hydrogen-bond acceptors (Lipinski definition) is 4. The molecule has 1 aromatic carbocycles. The summed E-state index contributed by atoms with van der Waals surface area (Å²) in [6, 6.07) is 7.54. The first-order valence-electron chi connectivity index (χ1n) is 5.75. The molecule has 0 aliphatic heterocycles. The lowest BCUT2D eigenvalue weighted by Gasteiger charge is -2.12. The van der Waals surface area contributed by atoms with Crippen molar-refractivity contribution >= 4 is 27.4 Å². The van der Waals surface area contributed by atoms with Crippen molar-refractivity contribution in [2.45, 2.75) is 6.92 Å². The number of benzene rings is 1. The molecule has 0 unspecified atom stereocenters. The zero-order valence-corrected chi connectivity index (χ0v) is 12.6. The molecule has 1 heterocycles. The first-order chi connectivity index (χ1) is 9.13. The molecule has 0 saturated carbocycles. The molecular weight excluding hydrogens is 308 g/mol. The second-order valence-corrected chi connectivity index (χ2v) is 4.81. The average molecular weight is 323 g/mol. The Hall–Kier alpha value is -1.75. The summed E-state index contributed by atoms with van der Waals surface area (Å²) in [4.78, 5) is 4.31. The third kappa shape index (κ3) is 3.17. The minimum Gasteiger partial charge on any atom is -0.497 e. The maximum absolute atomic E-state index is 5.24. The van der Waals surface area contributed by atoms with Gasteiger partial charge in [0, 0.05) is 30.1 Å². The molecule has 5 heteroatoms. The Kier molecular flexibility index (Phi) is 4.27. The second-order valence-electron chi connectivity index (χ2n) is 4.02. The van der Waals surface area contributed by atoms with Crippen LogP contribution in [0.3, 0.4) is 0 Å². The number of anilines is 2. The van der Waals surface area contributed by atoms with Gasteiger partial charge in [-0.2, -0.15) is 0 Å². The molecule has 0 aliphatic carbocycles. The van der Waals surface area contributed by atoms with Gasteiger partial charge in [0.25, 0.3) is 0 Å². The van der Waals surface area contributed by atoms with Gasteiger partial charge in [-0.25, -0.2) is 4.98 Å². The number of pyridine rings is 1. The summed E-state index contributed by atoms with van der Waals surface area (Å²) in [5.41, 5.74) is 1.97. The van der Waals surface area contributed by atoms with Crippen molar-refractivity contribution in [3.05, 3.63) is 40.5 Å². The van der Waals surface area contributed by atoms with E-state index in [0.717, 1.165) is 33.0 Å². The van der Waals surface area contributed by atoms with E-state index in [4.69, 9.17) is 9.47 Å². The number of aromatic nitrogens is 1. The molecule has 2 aromatic rings. The lowest BCUT2D eigenvalue weighted by atomic mass is 10.2. The molecule has 0 radical (unpaired) electrons. The minimum absolute atomic E-state index is 0.727. The predicted octanol–water partition coefficient (Wildman–Crippen LogP) is 3.91. The van der Waals surface area contributed by atoms with Gasteiger partial charge in [0.1, 0.15) is 17.3 Å². The van der Waals surface area contributed by atoms with Crippen molar-refractivity contribution in [2.75, 3.05) is 19.5 Å². The number of nitrogens with one attached hydrogen (secondary N) is 1. The Balaban J connectivity index is 2.34. The summed E-state index contributed by atoms with van der Waals surface area (Å²) in [6.45, 7) is 2.02. The summed E-state index contributed by atoms with van der Waals surface area (Å²) in [7, 11) is 3.25. The monoisotopic (exact) mass is 322 g/mol. The van der Waals surface area contributed by atoms with Crippen LogP contribution in [-0.2, 0) is 0 Å². The molecule has 1 aromatic heterocycles. The molecule has 0 atom stereocenters. The highest BCUT2D eigenvalue weighted by atomic mass is 79.9. The number of rotatable bonds is 4. The fourth-order valence-electron chi connectivity index (χ4n) is 1.64. The molecule has 19 heavy (non-hydrogen) atoms.